The van der Waals surface area contributed by atoms with Gasteiger partial charge in [0.2, 0.25) is 11.8 Å². The van der Waals surface area contributed by atoms with Gasteiger partial charge in [0.1, 0.15) is 0 Å². The molecular formula is C28H42F2N4O3. The molecule has 5 aliphatic rings. The van der Waals surface area contributed by atoms with Crippen molar-refractivity contribution in [1.82, 2.24) is 19.9 Å². The molecule has 3 saturated carbocycles. The highest BCUT2D eigenvalue weighted by molar-refractivity contribution is 5.76. The van der Waals surface area contributed by atoms with E-state index >= 15 is 8.78 Å². The van der Waals surface area contributed by atoms with Gasteiger partial charge in [-0.25, -0.2) is 8.78 Å². The van der Waals surface area contributed by atoms with Crippen molar-refractivity contribution >= 4 is 5.91 Å². The van der Waals surface area contributed by atoms with E-state index < -0.39 is 17.9 Å². The Labute approximate surface area is 218 Å². The van der Waals surface area contributed by atoms with E-state index in [0.717, 1.165) is 50.6 Å². The highest BCUT2D eigenvalue weighted by atomic mass is 19.3. The maximum absolute atomic E-state index is 15.2. The largest absolute Gasteiger partial charge is 0.373 e. The number of hydrogen-bond acceptors (Lipinski definition) is 6. The molecule has 3 aliphatic carbocycles. The quantitative estimate of drug-likeness (QED) is 0.485. The zero-order valence-corrected chi connectivity index (χ0v) is 22.4. The molecule has 206 valence electrons. The summed E-state index contributed by atoms with van der Waals surface area (Å²) in [5.41, 5.74) is 0.190. The normalized spacial score (nSPS) is 33.0. The summed E-state index contributed by atoms with van der Waals surface area (Å²) in [5.74, 6) is -2.24. The van der Waals surface area contributed by atoms with Gasteiger partial charge in [-0.2, -0.15) is 4.98 Å². The summed E-state index contributed by atoms with van der Waals surface area (Å²) in [5, 5.41) is 4.23. The summed E-state index contributed by atoms with van der Waals surface area (Å²) >= 11 is 0. The van der Waals surface area contributed by atoms with Crippen molar-refractivity contribution in [2.45, 2.75) is 114 Å². The molecule has 6 rings (SSSR count). The van der Waals surface area contributed by atoms with Crippen LogP contribution in [0.1, 0.15) is 102 Å². The molecule has 0 aromatic carbocycles. The third kappa shape index (κ3) is 5.58. The maximum Gasteiger partial charge on any atom is 0.253 e. The first-order chi connectivity index (χ1) is 17.6. The maximum atomic E-state index is 15.2. The molecule has 1 amide bonds. The van der Waals surface area contributed by atoms with Crippen LogP contribution in [-0.2, 0) is 14.9 Å². The fourth-order valence-electron chi connectivity index (χ4n) is 6.62. The summed E-state index contributed by atoms with van der Waals surface area (Å²) in [7, 11) is 0. The van der Waals surface area contributed by atoms with Crippen LogP contribution in [-0.4, -0.2) is 76.7 Å². The molecule has 1 aromatic heterocycles. The Morgan fingerprint density at radius 2 is 1.81 bits per heavy atom. The van der Waals surface area contributed by atoms with Gasteiger partial charge in [-0.1, -0.05) is 19.0 Å². The van der Waals surface area contributed by atoms with E-state index in [1.54, 1.807) is 4.90 Å². The molecule has 0 bridgehead atoms. The fourth-order valence-corrected chi connectivity index (χ4v) is 6.62. The van der Waals surface area contributed by atoms with Gasteiger partial charge < -0.3 is 19.1 Å². The number of piperidine rings is 1. The highest BCUT2D eigenvalue weighted by Gasteiger charge is 2.50. The molecular weight excluding hydrogens is 478 g/mol. The summed E-state index contributed by atoms with van der Waals surface area (Å²) in [4.78, 5) is 22.1. The fraction of sp³-hybridized carbons (Fsp3) is 0.893. The molecule has 1 aromatic rings. The smallest absolute Gasteiger partial charge is 0.253 e. The lowest BCUT2D eigenvalue weighted by atomic mass is 9.78. The Morgan fingerprint density at radius 1 is 1.05 bits per heavy atom. The highest BCUT2D eigenvalue weighted by Crippen LogP contribution is 2.47. The third-order valence-corrected chi connectivity index (χ3v) is 9.82. The van der Waals surface area contributed by atoms with Crippen molar-refractivity contribution in [2.24, 2.45) is 11.3 Å². The monoisotopic (exact) mass is 520 g/mol. The lowest BCUT2D eigenvalue weighted by Gasteiger charge is -2.41. The number of carbonyl (C=O) groups excluding carboxylic acids is 1. The summed E-state index contributed by atoms with van der Waals surface area (Å²) in [6, 6.07) is 0. The Kier molecular flexibility index (Phi) is 6.62. The van der Waals surface area contributed by atoms with Gasteiger partial charge in [0.25, 0.3) is 5.92 Å². The van der Waals surface area contributed by atoms with Gasteiger partial charge in [0.05, 0.1) is 18.1 Å². The summed E-state index contributed by atoms with van der Waals surface area (Å²) < 4.78 is 42.1. The number of nitrogens with zero attached hydrogens (tertiary/aromatic N) is 4. The van der Waals surface area contributed by atoms with Gasteiger partial charge in [0, 0.05) is 56.9 Å². The van der Waals surface area contributed by atoms with Crippen LogP contribution in [0.15, 0.2) is 4.52 Å². The first kappa shape index (κ1) is 25.7. The molecule has 0 unspecified atom stereocenters. The predicted octanol–water partition coefficient (Wildman–Crippen LogP) is 4.91. The number of amides is 1. The number of hydrogen-bond donors (Lipinski definition) is 0. The SMILES string of the molecule is CC1(CN2CC[C@H](O[C@H]3CCCC(F)(F)[C@@H]3CC(=O)N3CCC(C)(c4noc(C5CC5)n4)CC3)C2)CC1. The van der Waals surface area contributed by atoms with E-state index in [2.05, 4.69) is 28.9 Å². The molecule has 2 aliphatic heterocycles. The third-order valence-electron chi connectivity index (χ3n) is 9.82. The molecule has 0 N–H and O–H groups in total. The number of ether oxygens (including phenoxy) is 1. The molecule has 0 radical (unpaired) electrons. The number of likely N-dealkylation sites (tertiary alicyclic amines) is 2. The van der Waals surface area contributed by atoms with E-state index in [9.17, 15) is 4.79 Å². The van der Waals surface area contributed by atoms with Crippen LogP contribution in [0.5, 0.6) is 0 Å². The van der Waals surface area contributed by atoms with Crippen LogP contribution < -0.4 is 0 Å². The van der Waals surface area contributed by atoms with E-state index in [1.807, 2.05) is 0 Å². The van der Waals surface area contributed by atoms with Crippen molar-refractivity contribution < 1.29 is 22.8 Å². The summed E-state index contributed by atoms with van der Waals surface area (Å²) in [6.07, 6.45) is 7.28. The van der Waals surface area contributed by atoms with Crippen molar-refractivity contribution in [3.63, 3.8) is 0 Å². The number of aromatic nitrogens is 2. The average molecular weight is 521 g/mol. The second-order valence-corrected chi connectivity index (χ2v) is 13.3. The Hall–Kier alpha value is -1.61. The van der Waals surface area contributed by atoms with Crippen molar-refractivity contribution in [2.75, 3.05) is 32.7 Å². The second kappa shape index (κ2) is 9.54. The predicted molar refractivity (Wildman–Crippen MR) is 133 cm³/mol. The first-order valence-corrected chi connectivity index (χ1v) is 14.5. The molecule has 3 atom stereocenters. The number of alkyl halides is 2. The van der Waals surface area contributed by atoms with Crippen LogP contribution >= 0.6 is 0 Å². The molecule has 3 heterocycles. The van der Waals surface area contributed by atoms with Crippen molar-refractivity contribution in [1.29, 1.82) is 0 Å². The number of halogens is 2. The van der Waals surface area contributed by atoms with Gasteiger partial charge >= 0.3 is 0 Å². The van der Waals surface area contributed by atoms with Crippen LogP contribution in [0, 0.1) is 11.3 Å². The van der Waals surface area contributed by atoms with Gasteiger partial charge in [-0.15, -0.1) is 0 Å². The first-order valence-electron chi connectivity index (χ1n) is 14.5. The number of carbonyl (C=O) groups is 1. The van der Waals surface area contributed by atoms with Gasteiger partial charge in [-0.05, 0) is 63.2 Å². The minimum Gasteiger partial charge on any atom is -0.373 e. The molecule has 2 saturated heterocycles. The zero-order valence-electron chi connectivity index (χ0n) is 22.4. The van der Waals surface area contributed by atoms with E-state index in [-0.39, 0.29) is 30.3 Å². The van der Waals surface area contributed by atoms with E-state index in [4.69, 9.17) is 9.26 Å². The van der Waals surface area contributed by atoms with Crippen LogP contribution in [0.2, 0.25) is 0 Å². The Morgan fingerprint density at radius 3 is 2.51 bits per heavy atom. The summed E-state index contributed by atoms with van der Waals surface area (Å²) in [6.45, 7) is 8.37. The van der Waals surface area contributed by atoms with Crippen molar-refractivity contribution in [3.8, 4) is 0 Å². The van der Waals surface area contributed by atoms with Gasteiger partial charge in [-0.3, -0.25) is 4.79 Å². The average Bonchev–Trinajstić information content (AvgIpc) is 3.73. The lowest BCUT2D eigenvalue weighted by Crippen LogP contribution is -2.49. The topological polar surface area (TPSA) is 71.7 Å². The van der Waals surface area contributed by atoms with Crippen LogP contribution in [0.25, 0.3) is 0 Å². The van der Waals surface area contributed by atoms with Crippen LogP contribution in [0.3, 0.4) is 0 Å². The molecule has 5 fully saturated rings. The molecule has 0 spiro atoms. The molecule has 37 heavy (non-hydrogen) atoms. The van der Waals surface area contributed by atoms with Gasteiger partial charge in [0.15, 0.2) is 5.82 Å². The zero-order chi connectivity index (χ0) is 25.8. The van der Waals surface area contributed by atoms with Crippen LogP contribution in [0.4, 0.5) is 8.78 Å². The van der Waals surface area contributed by atoms with E-state index in [1.165, 1.54) is 12.8 Å². The standard InChI is InChI=1S/C28H42F2N4O3/c1-26(9-10-26)18-33-13-7-20(17-33)36-22-4-3-8-28(29,30)21(22)16-23(35)34-14-11-27(2,12-15-34)25-31-24(37-32-25)19-5-6-19/h19-22H,3-18H2,1-2H3/t20-,21+,22-/m0/s1. The Bertz CT molecular complexity index is 984. The molecule has 7 nitrogen and oxygen atoms in total. The lowest BCUT2D eigenvalue weighted by molar-refractivity contribution is -0.174. The second-order valence-electron chi connectivity index (χ2n) is 13.3. The Balaban J connectivity index is 1.04. The van der Waals surface area contributed by atoms with E-state index in [0.29, 0.717) is 50.1 Å². The minimum atomic E-state index is -2.87. The molecule has 9 heteroatoms. The number of rotatable bonds is 8. The van der Waals surface area contributed by atoms with Crippen molar-refractivity contribution in [3.05, 3.63) is 11.7 Å². The minimum absolute atomic E-state index is 0.00923.